The number of carbonyl (C=O) groups excluding carboxylic acids is 1. The van der Waals surface area contributed by atoms with Crippen LogP contribution in [0.4, 0.5) is 0 Å². The molecule has 14 heteroatoms. The van der Waals surface area contributed by atoms with Crippen LogP contribution in [0.1, 0.15) is 31.9 Å². The van der Waals surface area contributed by atoms with Gasteiger partial charge in [0.15, 0.2) is 18.7 Å². The number of carbonyl (C=O) groups is 1. The van der Waals surface area contributed by atoms with Gasteiger partial charge in [-0.2, -0.15) is 0 Å². The van der Waals surface area contributed by atoms with Gasteiger partial charge in [-0.05, 0) is 36.0 Å². The monoisotopic (exact) mass is 582 g/mol. The first-order chi connectivity index (χ1) is 20.3. The maximum atomic E-state index is 12.2. The van der Waals surface area contributed by atoms with E-state index < -0.39 is 67.3 Å². The van der Waals surface area contributed by atoms with E-state index in [1.807, 2.05) is 60.7 Å². The van der Waals surface area contributed by atoms with E-state index in [1.165, 1.54) is 6.92 Å². The zero-order valence-electron chi connectivity index (χ0n) is 23.4. The second-order valence-corrected chi connectivity index (χ2v) is 10.0. The van der Waals surface area contributed by atoms with Crippen LogP contribution in [0.15, 0.2) is 70.9 Å². The number of nitrogens with zero attached hydrogens (tertiary/aromatic N) is 6. The summed E-state index contributed by atoms with van der Waals surface area (Å²) in [7, 11) is 0. The number of azide groups is 2. The minimum Gasteiger partial charge on any atom is -0.454 e. The number of rotatable bonds is 11. The Morgan fingerprint density at radius 3 is 1.76 bits per heavy atom. The Labute approximate surface area is 242 Å². The van der Waals surface area contributed by atoms with Gasteiger partial charge in [-0.15, -0.1) is 0 Å². The minimum atomic E-state index is -1.51. The fraction of sp³-hybridized carbons (Fsp3) is 0.536. The van der Waals surface area contributed by atoms with Gasteiger partial charge in [0.25, 0.3) is 0 Å². The molecule has 2 fully saturated rings. The standard InChI is InChI=1S/C28H34N6O8/c1-16-21(31-33-29)23(37-14-19-10-6-4-7-11-19)25(27(36)39-16)42-28-26(41-18(3)35)24(22(32-34-30)17(2)40-28)38-15-20-12-8-5-9-13-20/h4-13,16-17,21-28,36H,14-15H2,1-3H3/t16-,17-,21-,22-,23+,24+,25+,26+,27+,28-/m1/s1. The molecule has 2 heterocycles. The lowest BCUT2D eigenvalue weighted by molar-refractivity contribution is -0.344. The SMILES string of the molecule is CC(=O)O[C@@H]1[C@@H](O[C@H]2[C@@H](OCc3ccccc3)[C@H](N=[N+]=[N-])[C@@H](C)O[C@@H]2O)O[C@H](C)[C@@H](N=[N+]=[N-])[C@@H]1OCc1ccccc1. The Hall–Kier alpha value is -3.71. The van der Waals surface area contributed by atoms with Crippen LogP contribution < -0.4 is 0 Å². The molecule has 2 aliphatic rings. The molecular weight excluding hydrogens is 548 g/mol. The van der Waals surface area contributed by atoms with E-state index in [2.05, 4.69) is 20.1 Å². The number of hydrogen-bond donors (Lipinski definition) is 1. The fourth-order valence-electron chi connectivity index (χ4n) is 5.07. The molecular formula is C28H34N6O8. The van der Waals surface area contributed by atoms with E-state index in [0.29, 0.717) is 0 Å². The van der Waals surface area contributed by atoms with Gasteiger partial charge in [-0.25, -0.2) is 0 Å². The highest BCUT2D eigenvalue weighted by atomic mass is 16.7. The molecule has 10 atom stereocenters. The normalized spacial score (nSPS) is 32.7. The molecule has 0 unspecified atom stereocenters. The fourth-order valence-corrected chi connectivity index (χ4v) is 5.07. The highest BCUT2D eigenvalue weighted by Gasteiger charge is 2.52. The average Bonchev–Trinajstić information content (AvgIpc) is 2.97. The molecule has 2 saturated heterocycles. The van der Waals surface area contributed by atoms with Crippen molar-refractivity contribution in [2.24, 2.45) is 10.2 Å². The first kappa shape index (κ1) is 31.2. The van der Waals surface area contributed by atoms with E-state index in [1.54, 1.807) is 13.8 Å². The number of aliphatic hydroxyl groups is 1. The van der Waals surface area contributed by atoms with Gasteiger partial charge in [0.1, 0.15) is 18.3 Å². The molecule has 42 heavy (non-hydrogen) atoms. The molecule has 0 aromatic heterocycles. The predicted molar refractivity (Wildman–Crippen MR) is 147 cm³/mol. The maximum absolute atomic E-state index is 12.2. The summed E-state index contributed by atoms with van der Waals surface area (Å²) < 4.78 is 36.0. The average molecular weight is 583 g/mol. The minimum absolute atomic E-state index is 0.120. The van der Waals surface area contributed by atoms with Crippen molar-refractivity contribution >= 4 is 5.97 Å². The third-order valence-corrected chi connectivity index (χ3v) is 7.07. The van der Waals surface area contributed by atoms with Crippen molar-refractivity contribution in [3.05, 3.63) is 92.7 Å². The zero-order valence-corrected chi connectivity index (χ0v) is 23.4. The van der Waals surface area contributed by atoms with Crippen LogP contribution in [-0.2, 0) is 46.4 Å². The van der Waals surface area contributed by atoms with E-state index >= 15 is 0 Å². The van der Waals surface area contributed by atoms with Crippen molar-refractivity contribution in [1.82, 2.24) is 0 Å². The Morgan fingerprint density at radius 1 is 0.810 bits per heavy atom. The smallest absolute Gasteiger partial charge is 0.303 e. The molecule has 1 N–H and O–H groups in total. The number of hydrogen-bond acceptors (Lipinski definition) is 10. The van der Waals surface area contributed by atoms with Gasteiger partial charge in [0.2, 0.25) is 0 Å². The van der Waals surface area contributed by atoms with E-state index in [-0.39, 0.29) is 13.2 Å². The summed E-state index contributed by atoms with van der Waals surface area (Å²) in [5.41, 5.74) is 20.2. The summed E-state index contributed by atoms with van der Waals surface area (Å²) in [4.78, 5) is 18.1. The summed E-state index contributed by atoms with van der Waals surface area (Å²) in [5, 5.41) is 18.7. The molecule has 224 valence electrons. The first-order valence-electron chi connectivity index (χ1n) is 13.5. The van der Waals surface area contributed by atoms with Crippen LogP contribution >= 0.6 is 0 Å². The van der Waals surface area contributed by atoms with Gasteiger partial charge in [0.05, 0.1) is 37.5 Å². The lowest BCUT2D eigenvalue weighted by Crippen LogP contribution is -2.63. The van der Waals surface area contributed by atoms with E-state index in [9.17, 15) is 21.0 Å². The molecule has 2 aromatic carbocycles. The summed E-state index contributed by atoms with van der Waals surface area (Å²) in [6, 6.07) is 16.9. The zero-order chi connectivity index (χ0) is 30.1. The van der Waals surface area contributed by atoms with E-state index in [4.69, 9.17) is 28.4 Å². The van der Waals surface area contributed by atoms with Gasteiger partial charge in [-0.3, -0.25) is 4.79 Å². The van der Waals surface area contributed by atoms with Crippen LogP contribution in [0.5, 0.6) is 0 Å². The molecule has 14 nitrogen and oxygen atoms in total. The number of aliphatic hydroxyl groups excluding tert-OH is 1. The third-order valence-electron chi connectivity index (χ3n) is 7.07. The topological polar surface area (TPSA) is 190 Å². The van der Waals surface area contributed by atoms with Crippen molar-refractivity contribution in [3.63, 3.8) is 0 Å². The molecule has 4 rings (SSSR count). The lowest BCUT2D eigenvalue weighted by atomic mass is 9.95. The summed E-state index contributed by atoms with van der Waals surface area (Å²) in [6.45, 7) is 4.78. The summed E-state index contributed by atoms with van der Waals surface area (Å²) in [5.74, 6) is -0.655. The quantitative estimate of drug-likeness (QED) is 0.175. The van der Waals surface area contributed by atoms with Crippen molar-refractivity contribution in [2.75, 3.05) is 0 Å². The van der Waals surface area contributed by atoms with Crippen molar-refractivity contribution in [1.29, 1.82) is 0 Å². The van der Waals surface area contributed by atoms with Gasteiger partial charge in [-0.1, -0.05) is 70.9 Å². The maximum Gasteiger partial charge on any atom is 0.303 e. The van der Waals surface area contributed by atoms with Crippen LogP contribution in [0, 0.1) is 0 Å². The Morgan fingerprint density at radius 2 is 1.29 bits per heavy atom. The molecule has 0 aliphatic carbocycles. The Bertz CT molecular complexity index is 1260. The van der Waals surface area contributed by atoms with Crippen LogP contribution in [0.3, 0.4) is 0 Å². The highest BCUT2D eigenvalue weighted by molar-refractivity contribution is 5.66. The van der Waals surface area contributed by atoms with Crippen LogP contribution in [0.25, 0.3) is 20.9 Å². The van der Waals surface area contributed by atoms with Crippen LogP contribution in [-0.4, -0.2) is 72.4 Å². The van der Waals surface area contributed by atoms with Gasteiger partial charge in [0, 0.05) is 16.7 Å². The molecule has 2 aromatic rings. The molecule has 0 amide bonds. The van der Waals surface area contributed by atoms with E-state index in [0.717, 1.165) is 11.1 Å². The number of ether oxygens (including phenoxy) is 6. The van der Waals surface area contributed by atoms with Crippen LogP contribution in [0.2, 0.25) is 0 Å². The molecule has 0 radical (unpaired) electrons. The predicted octanol–water partition coefficient (Wildman–Crippen LogP) is 4.31. The Balaban J connectivity index is 1.64. The number of benzene rings is 2. The molecule has 0 saturated carbocycles. The first-order valence-corrected chi connectivity index (χ1v) is 13.5. The van der Waals surface area contributed by atoms with Crippen molar-refractivity contribution < 1.29 is 38.3 Å². The molecule has 0 spiro atoms. The van der Waals surface area contributed by atoms with Crippen molar-refractivity contribution in [3.8, 4) is 0 Å². The Kier molecular flexibility index (Phi) is 11.1. The van der Waals surface area contributed by atoms with Gasteiger partial charge >= 0.3 is 5.97 Å². The summed E-state index contributed by atoms with van der Waals surface area (Å²) >= 11 is 0. The lowest BCUT2D eigenvalue weighted by Gasteiger charge is -2.47. The second kappa shape index (κ2) is 15.0. The second-order valence-electron chi connectivity index (χ2n) is 10.0. The highest BCUT2D eigenvalue weighted by Crippen LogP contribution is 2.34. The molecule has 2 aliphatic heterocycles. The third kappa shape index (κ3) is 7.77. The summed E-state index contributed by atoms with van der Waals surface area (Å²) in [6.07, 6.45) is -8.66. The molecule has 0 bridgehead atoms. The number of esters is 1. The van der Waals surface area contributed by atoms with Gasteiger partial charge < -0.3 is 33.5 Å². The van der Waals surface area contributed by atoms with Crippen molar-refractivity contribution in [2.45, 2.75) is 95.3 Å². The largest absolute Gasteiger partial charge is 0.454 e.